The molecular weight excluding hydrogens is 322 g/mol. The Morgan fingerprint density at radius 3 is 2.72 bits per heavy atom. The van der Waals surface area contributed by atoms with Crippen molar-refractivity contribution >= 4 is 23.5 Å². The first-order valence-corrected chi connectivity index (χ1v) is 8.31. The van der Waals surface area contributed by atoms with Gasteiger partial charge in [-0.05, 0) is 25.0 Å². The number of urea groups is 1. The fraction of sp³-hybridized carbons (Fsp3) is 0.471. The lowest BCUT2D eigenvalue weighted by molar-refractivity contribution is 0.167. The van der Waals surface area contributed by atoms with Crippen LogP contribution in [-0.4, -0.2) is 31.1 Å². The largest absolute Gasteiger partial charge is 0.453 e. The average molecular weight is 343 g/mol. The second kappa shape index (κ2) is 6.89. The molecule has 3 amide bonds. The van der Waals surface area contributed by atoms with Crippen LogP contribution in [-0.2, 0) is 4.74 Å². The van der Waals surface area contributed by atoms with Crippen molar-refractivity contribution in [3.8, 4) is 6.07 Å². The minimum Gasteiger partial charge on any atom is -0.453 e. The van der Waals surface area contributed by atoms with Crippen molar-refractivity contribution in [2.45, 2.75) is 43.9 Å². The van der Waals surface area contributed by atoms with Crippen molar-refractivity contribution in [1.29, 1.82) is 5.26 Å². The maximum Gasteiger partial charge on any atom is 0.409 e. The Bertz CT molecular complexity index is 708. The van der Waals surface area contributed by atoms with Crippen LogP contribution in [0.1, 0.15) is 32.1 Å². The molecule has 1 saturated carbocycles. The van der Waals surface area contributed by atoms with Gasteiger partial charge in [-0.3, -0.25) is 10.2 Å². The van der Waals surface area contributed by atoms with Gasteiger partial charge < -0.3 is 15.4 Å². The molecule has 1 heterocycles. The highest BCUT2D eigenvalue weighted by atomic mass is 16.5. The highest BCUT2D eigenvalue weighted by Crippen LogP contribution is 2.34. The molecule has 0 aromatic heterocycles. The van der Waals surface area contributed by atoms with E-state index in [1.807, 2.05) is 18.2 Å². The summed E-state index contributed by atoms with van der Waals surface area (Å²) < 4.78 is 4.63. The summed E-state index contributed by atoms with van der Waals surface area (Å²) in [5, 5.41) is 18.1. The van der Waals surface area contributed by atoms with Gasteiger partial charge in [-0.1, -0.05) is 31.4 Å². The number of fused-ring (bicyclic) bond motifs is 1. The number of carbonyl (C=O) groups is 2. The van der Waals surface area contributed by atoms with Crippen LogP contribution in [0.5, 0.6) is 0 Å². The Balaban J connectivity index is 1.84. The van der Waals surface area contributed by atoms with Gasteiger partial charge >= 0.3 is 12.1 Å². The summed E-state index contributed by atoms with van der Waals surface area (Å²) in [4.78, 5) is 26.0. The van der Waals surface area contributed by atoms with Crippen molar-refractivity contribution in [3.63, 3.8) is 0 Å². The summed E-state index contributed by atoms with van der Waals surface area (Å²) in [6.45, 7) is 0. The SMILES string of the molecule is COC(=O)NC1Nc2ccccc2N1C(=O)NC1(C#N)CCCCC1. The van der Waals surface area contributed by atoms with Crippen molar-refractivity contribution < 1.29 is 14.3 Å². The quantitative estimate of drug-likeness (QED) is 0.765. The van der Waals surface area contributed by atoms with Gasteiger partial charge in [0.05, 0.1) is 24.6 Å². The van der Waals surface area contributed by atoms with Gasteiger partial charge in [0.2, 0.25) is 0 Å². The van der Waals surface area contributed by atoms with Gasteiger partial charge in [-0.25, -0.2) is 9.59 Å². The van der Waals surface area contributed by atoms with Gasteiger partial charge in [-0.2, -0.15) is 5.26 Å². The van der Waals surface area contributed by atoms with Crippen molar-refractivity contribution in [3.05, 3.63) is 24.3 Å². The molecule has 0 spiro atoms. The lowest BCUT2D eigenvalue weighted by Crippen LogP contribution is -2.59. The topological polar surface area (TPSA) is 106 Å². The number of ether oxygens (including phenoxy) is 1. The van der Waals surface area contributed by atoms with Gasteiger partial charge in [0, 0.05) is 0 Å². The number of carbonyl (C=O) groups excluding carboxylic acids is 2. The molecule has 3 N–H and O–H groups in total. The standard InChI is InChI=1S/C17H21N5O3/c1-25-16(24)20-14-19-12-7-3-4-8-13(12)22(14)15(23)21-17(11-18)9-5-2-6-10-17/h3-4,7-8,14,19H,2,5-6,9-10H2,1H3,(H,20,24)(H,21,23). The van der Waals surface area contributed by atoms with Gasteiger partial charge in [-0.15, -0.1) is 0 Å². The van der Waals surface area contributed by atoms with Crippen LogP contribution in [0.25, 0.3) is 0 Å². The van der Waals surface area contributed by atoms with E-state index < -0.39 is 24.0 Å². The number of alkyl carbamates (subject to hydrolysis) is 1. The van der Waals surface area contributed by atoms with Crippen LogP contribution in [0.3, 0.4) is 0 Å². The maximum absolute atomic E-state index is 13.0. The lowest BCUT2D eigenvalue weighted by atomic mass is 9.83. The van der Waals surface area contributed by atoms with Gasteiger partial charge in [0.15, 0.2) is 6.29 Å². The second-order valence-electron chi connectivity index (χ2n) is 6.25. The molecule has 1 aromatic carbocycles. The van der Waals surface area contributed by atoms with Crippen LogP contribution >= 0.6 is 0 Å². The smallest absolute Gasteiger partial charge is 0.409 e. The Morgan fingerprint density at radius 2 is 2.04 bits per heavy atom. The molecule has 8 heteroatoms. The van der Waals surface area contributed by atoms with E-state index in [9.17, 15) is 14.9 Å². The molecular formula is C17H21N5O3. The normalized spacial score (nSPS) is 20.6. The van der Waals surface area contributed by atoms with Crippen molar-refractivity contribution in [1.82, 2.24) is 10.6 Å². The number of hydrogen-bond acceptors (Lipinski definition) is 5. The molecule has 0 radical (unpaired) electrons. The van der Waals surface area contributed by atoms with Crippen LogP contribution in [0.15, 0.2) is 24.3 Å². The number of anilines is 2. The molecule has 0 saturated heterocycles. The monoisotopic (exact) mass is 343 g/mol. The fourth-order valence-electron chi connectivity index (χ4n) is 3.34. The number of nitrogens with one attached hydrogen (secondary N) is 3. The fourth-order valence-corrected chi connectivity index (χ4v) is 3.34. The molecule has 1 aromatic rings. The summed E-state index contributed by atoms with van der Waals surface area (Å²) in [6.07, 6.45) is 2.71. The third kappa shape index (κ3) is 3.31. The van der Waals surface area contributed by atoms with E-state index in [1.54, 1.807) is 6.07 Å². The molecule has 8 nitrogen and oxygen atoms in total. The summed E-state index contributed by atoms with van der Waals surface area (Å²) in [6, 6.07) is 9.08. The number of nitriles is 1. The Kier molecular flexibility index (Phi) is 4.65. The van der Waals surface area contributed by atoms with E-state index in [0.717, 1.165) is 19.3 Å². The van der Waals surface area contributed by atoms with Crippen LogP contribution < -0.4 is 20.9 Å². The average Bonchev–Trinajstić information content (AvgIpc) is 3.00. The first-order chi connectivity index (χ1) is 12.1. The van der Waals surface area contributed by atoms with E-state index in [4.69, 9.17) is 0 Å². The van der Waals surface area contributed by atoms with Crippen LogP contribution in [0.2, 0.25) is 0 Å². The first kappa shape index (κ1) is 16.9. The molecule has 1 unspecified atom stereocenters. The molecule has 0 bridgehead atoms. The zero-order valence-corrected chi connectivity index (χ0v) is 14.0. The van der Waals surface area contributed by atoms with Crippen molar-refractivity contribution in [2.24, 2.45) is 0 Å². The molecule has 1 atom stereocenters. The van der Waals surface area contributed by atoms with Crippen LogP contribution in [0, 0.1) is 11.3 Å². The number of nitrogens with zero attached hydrogens (tertiary/aromatic N) is 2. The first-order valence-electron chi connectivity index (χ1n) is 8.31. The molecule has 3 rings (SSSR count). The van der Waals surface area contributed by atoms with Gasteiger partial charge in [0.25, 0.3) is 0 Å². The van der Waals surface area contributed by atoms with E-state index >= 15 is 0 Å². The molecule has 1 aliphatic heterocycles. The van der Waals surface area contributed by atoms with Crippen molar-refractivity contribution in [2.75, 3.05) is 17.3 Å². The number of rotatable bonds is 2. The van der Waals surface area contributed by atoms with E-state index in [2.05, 4.69) is 26.8 Å². The minimum atomic E-state index is -0.858. The number of benzene rings is 1. The number of methoxy groups -OCH3 is 1. The van der Waals surface area contributed by atoms with Crippen LogP contribution in [0.4, 0.5) is 21.0 Å². The molecule has 1 fully saturated rings. The maximum atomic E-state index is 13.0. The third-order valence-electron chi connectivity index (χ3n) is 4.64. The number of amides is 3. The summed E-state index contributed by atoms with van der Waals surface area (Å²) in [5.74, 6) is 0. The van der Waals surface area contributed by atoms with E-state index in [0.29, 0.717) is 24.2 Å². The highest BCUT2D eigenvalue weighted by molar-refractivity contribution is 6.00. The van der Waals surface area contributed by atoms with E-state index in [-0.39, 0.29) is 0 Å². The third-order valence-corrected chi connectivity index (χ3v) is 4.64. The predicted octanol–water partition coefficient (Wildman–Crippen LogP) is 2.49. The Morgan fingerprint density at radius 1 is 1.32 bits per heavy atom. The highest BCUT2D eigenvalue weighted by Gasteiger charge is 2.40. The zero-order chi connectivity index (χ0) is 17.9. The number of para-hydroxylation sites is 2. The predicted molar refractivity (Wildman–Crippen MR) is 91.8 cm³/mol. The molecule has 132 valence electrons. The molecule has 2 aliphatic rings. The Hall–Kier alpha value is -2.95. The minimum absolute atomic E-state index is 0.428. The summed E-state index contributed by atoms with van der Waals surface area (Å²) in [7, 11) is 1.26. The Labute approximate surface area is 146 Å². The summed E-state index contributed by atoms with van der Waals surface area (Å²) >= 11 is 0. The van der Waals surface area contributed by atoms with Gasteiger partial charge in [0.1, 0.15) is 5.54 Å². The van der Waals surface area contributed by atoms with E-state index in [1.165, 1.54) is 12.0 Å². The number of hydrogen-bond donors (Lipinski definition) is 3. The second-order valence-corrected chi connectivity index (χ2v) is 6.25. The summed E-state index contributed by atoms with van der Waals surface area (Å²) in [5.41, 5.74) is 0.488. The lowest BCUT2D eigenvalue weighted by Gasteiger charge is -2.34. The molecule has 25 heavy (non-hydrogen) atoms. The zero-order valence-electron chi connectivity index (χ0n) is 14.0. The molecule has 1 aliphatic carbocycles.